The lowest BCUT2D eigenvalue weighted by Crippen LogP contribution is -2.29. The Bertz CT molecular complexity index is 728. The van der Waals surface area contributed by atoms with Crippen LogP contribution in [-0.4, -0.2) is 30.1 Å². The summed E-state index contributed by atoms with van der Waals surface area (Å²) in [4.78, 5) is 23.1. The Labute approximate surface area is 140 Å². The molecule has 24 heavy (non-hydrogen) atoms. The summed E-state index contributed by atoms with van der Waals surface area (Å²) in [5.74, 6) is -0.426. The smallest absolute Gasteiger partial charge is 0.311 e. The Hall–Kier alpha value is -2.76. The minimum atomic E-state index is -1.04. The van der Waals surface area contributed by atoms with Crippen molar-refractivity contribution in [3.05, 3.63) is 52.5 Å². The highest BCUT2D eigenvalue weighted by molar-refractivity contribution is 5.97. The maximum absolute atomic E-state index is 12.3. The Kier molecular flexibility index (Phi) is 5.63. The van der Waals surface area contributed by atoms with Gasteiger partial charge in [0.1, 0.15) is 24.5 Å². The molecule has 0 unspecified atom stereocenters. The molecule has 0 saturated heterocycles. The summed E-state index contributed by atoms with van der Waals surface area (Å²) in [6.45, 7) is 6.27. The Balaban J connectivity index is 1.92. The number of amides is 1. The molecule has 0 spiro atoms. The number of aryl methyl sites for hydroxylation is 3. The maximum Gasteiger partial charge on any atom is 0.311 e. The molecule has 1 aromatic carbocycles. The predicted octanol–water partition coefficient (Wildman–Crippen LogP) is 2.64. The van der Waals surface area contributed by atoms with Gasteiger partial charge in [0, 0.05) is 5.56 Å². The highest BCUT2D eigenvalue weighted by Crippen LogP contribution is 2.22. The lowest BCUT2D eigenvalue weighted by Gasteiger charge is -2.12. The highest BCUT2D eigenvalue weighted by atomic mass is 16.5. The number of hydrogen-bond donors (Lipinski definition) is 2. The number of rotatable bonds is 7. The SMILES string of the molecule is Cc1cccc(C)c1OCCNC(=O)c1c(C)coc1CC(=O)O. The normalized spacial score (nSPS) is 10.5. The standard InChI is InChI=1S/C18H21NO5/c1-11-5-4-6-12(2)17(11)23-8-7-19-18(22)16-13(3)10-24-14(16)9-15(20)21/h4-6,10H,7-9H2,1-3H3,(H,19,22)(H,20,21). The molecule has 0 radical (unpaired) electrons. The maximum atomic E-state index is 12.3. The van der Waals surface area contributed by atoms with E-state index in [1.807, 2.05) is 32.0 Å². The van der Waals surface area contributed by atoms with Crippen LogP contribution in [0.5, 0.6) is 5.75 Å². The van der Waals surface area contributed by atoms with Gasteiger partial charge < -0.3 is 19.6 Å². The summed E-state index contributed by atoms with van der Waals surface area (Å²) in [6, 6.07) is 5.90. The summed E-state index contributed by atoms with van der Waals surface area (Å²) in [5, 5.41) is 11.6. The zero-order valence-corrected chi connectivity index (χ0v) is 14.0. The van der Waals surface area contributed by atoms with E-state index in [0.717, 1.165) is 16.9 Å². The molecule has 0 bridgehead atoms. The second-order valence-electron chi connectivity index (χ2n) is 5.61. The summed E-state index contributed by atoms with van der Waals surface area (Å²) < 4.78 is 10.9. The Morgan fingerprint density at radius 3 is 2.46 bits per heavy atom. The fourth-order valence-corrected chi connectivity index (χ4v) is 2.50. The van der Waals surface area contributed by atoms with Crippen LogP contribution in [0.1, 0.15) is 32.8 Å². The monoisotopic (exact) mass is 331 g/mol. The molecule has 1 aromatic heterocycles. The molecular formula is C18H21NO5. The first kappa shape index (κ1) is 17.6. The first-order chi connectivity index (χ1) is 11.4. The van der Waals surface area contributed by atoms with Gasteiger partial charge in [-0.2, -0.15) is 0 Å². The molecule has 2 aromatic rings. The lowest BCUT2D eigenvalue weighted by molar-refractivity contribution is -0.136. The van der Waals surface area contributed by atoms with Crippen LogP contribution in [0, 0.1) is 20.8 Å². The molecule has 128 valence electrons. The number of carboxylic acid groups (broad SMARTS) is 1. The molecule has 0 fully saturated rings. The van der Waals surface area contributed by atoms with E-state index in [1.54, 1.807) is 6.92 Å². The number of carbonyl (C=O) groups is 2. The number of carboxylic acids is 1. The van der Waals surface area contributed by atoms with Crippen molar-refractivity contribution in [2.75, 3.05) is 13.2 Å². The van der Waals surface area contributed by atoms with Gasteiger partial charge in [-0.1, -0.05) is 18.2 Å². The Morgan fingerprint density at radius 1 is 1.17 bits per heavy atom. The van der Waals surface area contributed by atoms with Gasteiger partial charge in [-0.3, -0.25) is 9.59 Å². The summed E-state index contributed by atoms with van der Waals surface area (Å²) in [7, 11) is 0. The zero-order chi connectivity index (χ0) is 17.7. The van der Waals surface area contributed by atoms with Crippen LogP contribution in [0.4, 0.5) is 0 Å². The van der Waals surface area contributed by atoms with Gasteiger partial charge >= 0.3 is 5.97 Å². The minimum absolute atomic E-state index is 0.160. The quantitative estimate of drug-likeness (QED) is 0.761. The topological polar surface area (TPSA) is 88.8 Å². The van der Waals surface area contributed by atoms with Gasteiger partial charge in [-0.05, 0) is 31.9 Å². The minimum Gasteiger partial charge on any atom is -0.491 e. The van der Waals surface area contributed by atoms with E-state index in [-0.39, 0.29) is 23.7 Å². The van der Waals surface area contributed by atoms with Gasteiger partial charge in [0.2, 0.25) is 0 Å². The van der Waals surface area contributed by atoms with Crippen LogP contribution in [0.25, 0.3) is 0 Å². The third kappa shape index (κ3) is 4.16. The van der Waals surface area contributed by atoms with Gasteiger partial charge in [0.15, 0.2) is 0 Å². The van der Waals surface area contributed by atoms with Crippen LogP contribution in [0.2, 0.25) is 0 Å². The summed E-state index contributed by atoms with van der Waals surface area (Å²) in [6.07, 6.45) is 1.07. The van der Waals surface area contributed by atoms with Crippen molar-refractivity contribution in [2.45, 2.75) is 27.2 Å². The molecule has 0 saturated carbocycles. The van der Waals surface area contributed by atoms with E-state index in [0.29, 0.717) is 18.7 Å². The van der Waals surface area contributed by atoms with Crippen molar-refractivity contribution < 1.29 is 23.8 Å². The van der Waals surface area contributed by atoms with Crippen molar-refractivity contribution in [3.8, 4) is 5.75 Å². The van der Waals surface area contributed by atoms with E-state index in [4.69, 9.17) is 14.3 Å². The van der Waals surface area contributed by atoms with Gasteiger partial charge in [-0.25, -0.2) is 0 Å². The van der Waals surface area contributed by atoms with E-state index >= 15 is 0 Å². The number of para-hydroxylation sites is 1. The molecule has 0 aliphatic rings. The van der Waals surface area contributed by atoms with Crippen molar-refractivity contribution in [3.63, 3.8) is 0 Å². The molecule has 6 nitrogen and oxygen atoms in total. The van der Waals surface area contributed by atoms with Crippen molar-refractivity contribution >= 4 is 11.9 Å². The number of benzene rings is 1. The predicted molar refractivity (Wildman–Crippen MR) is 88.5 cm³/mol. The third-order valence-electron chi connectivity index (χ3n) is 3.63. The summed E-state index contributed by atoms with van der Waals surface area (Å²) in [5.41, 5.74) is 2.97. The molecule has 2 N–H and O–H groups in total. The van der Waals surface area contributed by atoms with Crippen LogP contribution >= 0.6 is 0 Å². The van der Waals surface area contributed by atoms with Crippen LogP contribution < -0.4 is 10.1 Å². The molecule has 6 heteroatoms. The molecular weight excluding hydrogens is 310 g/mol. The number of nitrogens with one attached hydrogen (secondary N) is 1. The first-order valence-corrected chi connectivity index (χ1v) is 7.66. The van der Waals surface area contributed by atoms with E-state index in [9.17, 15) is 9.59 Å². The average Bonchev–Trinajstić information content (AvgIpc) is 2.85. The van der Waals surface area contributed by atoms with E-state index in [2.05, 4.69) is 5.32 Å². The molecule has 0 aliphatic heterocycles. The second-order valence-corrected chi connectivity index (χ2v) is 5.61. The van der Waals surface area contributed by atoms with Gasteiger partial charge in [0.05, 0.1) is 18.4 Å². The number of ether oxygens (including phenoxy) is 1. The average molecular weight is 331 g/mol. The van der Waals surface area contributed by atoms with Crippen molar-refractivity contribution in [2.24, 2.45) is 0 Å². The largest absolute Gasteiger partial charge is 0.491 e. The number of hydrogen-bond acceptors (Lipinski definition) is 4. The van der Waals surface area contributed by atoms with E-state index in [1.165, 1.54) is 6.26 Å². The molecule has 0 atom stereocenters. The molecule has 1 heterocycles. The third-order valence-corrected chi connectivity index (χ3v) is 3.63. The molecule has 2 rings (SSSR count). The van der Waals surface area contributed by atoms with Gasteiger partial charge in [-0.15, -0.1) is 0 Å². The fourth-order valence-electron chi connectivity index (χ4n) is 2.50. The van der Waals surface area contributed by atoms with E-state index < -0.39 is 5.97 Å². The highest BCUT2D eigenvalue weighted by Gasteiger charge is 2.20. The van der Waals surface area contributed by atoms with Crippen LogP contribution in [0.15, 0.2) is 28.9 Å². The molecule has 1 amide bonds. The van der Waals surface area contributed by atoms with Gasteiger partial charge in [0.25, 0.3) is 5.91 Å². The van der Waals surface area contributed by atoms with Crippen molar-refractivity contribution in [1.29, 1.82) is 0 Å². The fraction of sp³-hybridized carbons (Fsp3) is 0.333. The van der Waals surface area contributed by atoms with Crippen LogP contribution in [-0.2, 0) is 11.2 Å². The zero-order valence-electron chi connectivity index (χ0n) is 14.0. The number of aliphatic carboxylic acids is 1. The van der Waals surface area contributed by atoms with Crippen molar-refractivity contribution in [1.82, 2.24) is 5.32 Å². The number of carbonyl (C=O) groups excluding carboxylic acids is 1. The molecule has 0 aliphatic carbocycles. The lowest BCUT2D eigenvalue weighted by atomic mass is 10.1. The number of furan rings is 1. The second kappa shape index (κ2) is 7.68. The first-order valence-electron chi connectivity index (χ1n) is 7.66. The van der Waals surface area contributed by atoms with Crippen LogP contribution in [0.3, 0.4) is 0 Å². The Morgan fingerprint density at radius 2 is 1.83 bits per heavy atom. The summed E-state index contributed by atoms with van der Waals surface area (Å²) >= 11 is 0.